The molecule has 0 spiro atoms. The summed E-state index contributed by atoms with van der Waals surface area (Å²) in [7, 11) is -3.39. The summed E-state index contributed by atoms with van der Waals surface area (Å²) in [5.74, 6) is 1.04. The van der Waals surface area contributed by atoms with Crippen LogP contribution in [0.2, 0.25) is 0 Å². The fourth-order valence-electron chi connectivity index (χ4n) is 1.75. The molecule has 0 radical (unpaired) electrons. The van der Waals surface area contributed by atoms with Crippen LogP contribution in [-0.2, 0) is 16.6 Å². The van der Waals surface area contributed by atoms with Crippen molar-refractivity contribution in [2.45, 2.75) is 19.8 Å². The van der Waals surface area contributed by atoms with Crippen LogP contribution in [0.25, 0.3) is 11.4 Å². The van der Waals surface area contributed by atoms with Crippen molar-refractivity contribution in [3.05, 3.63) is 36.2 Å². The third-order valence-corrected chi connectivity index (χ3v) is 3.95. The Morgan fingerprint density at radius 3 is 2.67 bits per heavy atom. The molecule has 2 N–H and O–H groups in total. The second kappa shape index (κ2) is 7.30. The Hall–Kier alpha value is -1.77. The van der Waals surface area contributed by atoms with Crippen LogP contribution in [0.3, 0.4) is 0 Å². The van der Waals surface area contributed by atoms with E-state index in [9.17, 15) is 8.42 Å². The fourth-order valence-corrected chi connectivity index (χ4v) is 2.64. The van der Waals surface area contributed by atoms with E-state index in [2.05, 4.69) is 19.6 Å². The zero-order chi connectivity index (χ0) is 15.1. The van der Waals surface area contributed by atoms with Crippen LogP contribution in [0.4, 0.5) is 0 Å². The Balaban J connectivity index is 1.81. The molecule has 0 fully saturated rings. The summed E-state index contributed by atoms with van der Waals surface area (Å²) in [6, 6.07) is 9.53. The maximum Gasteiger partial charge on any atom is 0.276 e. The van der Waals surface area contributed by atoms with Gasteiger partial charge in [0.2, 0.25) is 11.7 Å². The van der Waals surface area contributed by atoms with Gasteiger partial charge in [-0.05, 0) is 6.42 Å². The van der Waals surface area contributed by atoms with Gasteiger partial charge in [-0.15, -0.1) is 0 Å². The normalized spacial score (nSPS) is 11.7. The standard InChI is InChI=1S/C13H18N4O3S/c1-2-14-21(18,19)15-10-6-9-12-16-13(17-20-12)11-7-4-3-5-8-11/h3-5,7-8,14-15H,2,6,9-10H2,1H3. The summed E-state index contributed by atoms with van der Waals surface area (Å²) in [6.07, 6.45) is 1.11. The van der Waals surface area contributed by atoms with Crippen molar-refractivity contribution in [1.82, 2.24) is 19.6 Å². The van der Waals surface area contributed by atoms with E-state index >= 15 is 0 Å². The maximum atomic E-state index is 11.4. The molecule has 8 heteroatoms. The Morgan fingerprint density at radius 2 is 1.95 bits per heavy atom. The van der Waals surface area contributed by atoms with Crippen molar-refractivity contribution in [3.63, 3.8) is 0 Å². The first-order valence-electron chi connectivity index (χ1n) is 6.73. The highest BCUT2D eigenvalue weighted by Gasteiger charge is 2.09. The van der Waals surface area contributed by atoms with Crippen LogP contribution in [0.15, 0.2) is 34.9 Å². The average molecular weight is 310 g/mol. The van der Waals surface area contributed by atoms with Gasteiger partial charge in [0, 0.05) is 25.1 Å². The third kappa shape index (κ3) is 4.92. The lowest BCUT2D eigenvalue weighted by molar-refractivity contribution is 0.376. The number of aromatic nitrogens is 2. The van der Waals surface area contributed by atoms with Gasteiger partial charge in [-0.25, -0.2) is 9.44 Å². The second-order valence-corrected chi connectivity index (χ2v) is 5.96. The van der Waals surface area contributed by atoms with Crippen molar-refractivity contribution in [2.75, 3.05) is 13.1 Å². The van der Waals surface area contributed by atoms with Crippen molar-refractivity contribution in [1.29, 1.82) is 0 Å². The van der Waals surface area contributed by atoms with E-state index in [4.69, 9.17) is 4.52 Å². The lowest BCUT2D eigenvalue weighted by atomic mass is 10.2. The zero-order valence-corrected chi connectivity index (χ0v) is 12.6. The van der Waals surface area contributed by atoms with Gasteiger partial charge in [0.1, 0.15) is 0 Å². The predicted molar refractivity (Wildman–Crippen MR) is 78.7 cm³/mol. The van der Waals surface area contributed by atoms with E-state index in [1.54, 1.807) is 6.92 Å². The lowest BCUT2D eigenvalue weighted by Gasteiger charge is -2.04. The molecule has 21 heavy (non-hydrogen) atoms. The molecular formula is C13H18N4O3S. The maximum absolute atomic E-state index is 11.4. The van der Waals surface area contributed by atoms with Crippen molar-refractivity contribution in [2.24, 2.45) is 0 Å². The number of benzene rings is 1. The number of hydrogen-bond donors (Lipinski definition) is 2. The molecule has 0 unspecified atom stereocenters. The number of aryl methyl sites for hydroxylation is 1. The summed E-state index contributed by atoms with van der Waals surface area (Å²) in [4.78, 5) is 4.28. The first-order valence-corrected chi connectivity index (χ1v) is 8.21. The van der Waals surface area contributed by atoms with Crippen molar-refractivity contribution < 1.29 is 12.9 Å². The van der Waals surface area contributed by atoms with Crippen LogP contribution in [0.5, 0.6) is 0 Å². The van der Waals surface area contributed by atoms with E-state index in [0.717, 1.165) is 5.56 Å². The van der Waals surface area contributed by atoms with Crippen molar-refractivity contribution >= 4 is 10.2 Å². The molecule has 0 aliphatic carbocycles. The van der Waals surface area contributed by atoms with Gasteiger partial charge >= 0.3 is 0 Å². The first kappa shape index (κ1) is 15.6. The molecule has 0 amide bonds. The van der Waals surface area contributed by atoms with E-state index in [1.807, 2.05) is 30.3 Å². The largest absolute Gasteiger partial charge is 0.339 e. The van der Waals surface area contributed by atoms with Crippen LogP contribution in [0.1, 0.15) is 19.2 Å². The average Bonchev–Trinajstić information content (AvgIpc) is 2.93. The minimum Gasteiger partial charge on any atom is -0.339 e. The highest BCUT2D eigenvalue weighted by atomic mass is 32.2. The molecule has 1 heterocycles. The predicted octanol–water partition coefficient (Wildman–Crippen LogP) is 1.11. The molecule has 0 aliphatic heterocycles. The molecule has 2 aromatic rings. The molecule has 0 aliphatic rings. The summed E-state index contributed by atoms with van der Waals surface area (Å²) < 4.78 is 32.7. The molecule has 0 saturated heterocycles. The molecule has 114 valence electrons. The van der Waals surface area contributed by atoms with Crippen molar-refractivity contribution in [3.8, 4) is 11.4 Å². The van der Waals surface area contributed by atoms with Crippen LogP contribution in [0, 0.1) is 0 Å². The zero-order valence-electron chi connectivity index (χ0n) is 11.7. The molecular weight excluding hydrogens is 292 g/mol. The summed E-state index contributed by atoms with van der Waals surface area (Å²) in [5.41, 5.74) is 0.889. The van der Waals surface area contributed by atoms with Gasteiger partial charge in [-0.3, -0.25) is 0 Å². The molecule has 0 atom stereocenters. The Bertz CT molecular complexity index is 655. The van der Waals surface area contributed by atoms with Gasteiger partial charge in [-0.1, -0.05) is 42.4 Å². The van der Waals surface area contributed by atoms with E-state index in [-0.39, 0.29) is 0 Å². The number of nitrogens with zero attached hydrogens (tertiary/aromatic N) is 2. The van der Waals surface area contributed by atoms with Crippen LogP contribution < -0.4 is 9.44 Å². The SMILES string of the molecule is CCNS(=O)(=O)NCCCc1nc(-c2ccccc2)no1. The third-order valence-electron chi connectivity index (χ3n) is 2.69. The first-order chi connectivity index (χ1) is 10.1. The number of rotatable bonds is 8. The Kier molecular flexibility index (Phi) is 5.43. The fraction of sp³-hybridized carbons (Fsp3) is 0.385. The quantitative estimate of drug-likeness (QED) is 0.712. The Labute approximate surface area is 123 Å². The monoisotopic (exact) mass is 310 g/mol. The molecule has 1 aromatic carbocycles. The van der Waals surface area contributed by atoms with Crippen LogP contribution >= 0.6 is 0 Å². The minimum atomic E-state index is -3.39. The highest BCUT2D eigenvalue weighted by molar-refractivity contribution is 7.87. The van der Waals surface area contributed by atoms with Gasteiger partial charge < -0.3 is 4.52 Å². The van der Waals surface area contributed by atoms with Gasteiger partial charge in [-0.2, -0.15) is 13.4 Å². The molecule has 0 bridgehead atoms. The van der Waals surface area contributed by atoms with Gasteiger partial charge in [0.15, 0.2) is 0 Å². The van der Waals surface area contributed by atoms with Gasteiger partial charge in [0.05, 0.1) is 0 Å². The molecule has 2 rings (SSSR count). The van der Waals surface area contributed by atoms with Crippen LogP contribution in [-0.4, -0.2) is 31.6 Å². The number of hydrogen-bond acceptors (Lipinski definition) is 5. The van der Waals surface area contributed by atoms with E-state index in [0.29, 0.717) is 37.6 Å². The van der Waals surface area contributed by atoms with E-state index in [1.165, 1.54) is 0 Å². The second-order valence-electron chi connectivity index (χ2n) is 4.38. The smallest absolute Gasteiger partial charge is 0.276 e. The molecule has 1 aromatic heterocycles. The van der Waals surface area contributed by atoms with Gasteiger partial charge in [0.25, 0.3) is 10.2 Å². The minimum absolute atomic E-state index is 0.318. The molecule has 7 nitrogen and oxygen atoms in total. The number of nitrogens with one attached hydrogen (secondary N) is 2. The summed E-state index contributed by atoms with van der Waals surface area (Å²) >= 11 is 0. The topological polar surface area (TPSA) is 97.1 Å². The lowest BCUT2D eigenvalue weighted by Crippen LogP contribution is -2.36. The summed E-state index contributed by atoms with van der Waals surface area (Å²) in [6.45, 7) is 2.40. The highest BCUT2D eigenvalue weighted by Crippen LogP contribution is 2.15. The molecule has 0 saturated carbocycles. The Morgan fingerprint density at radius 1 is 1.19 bits per heavy atom. The summed E-state index contributed by atoms with van der Waals surface area (Å²) in [5, 5.41) is 3.91. The van der Waals surface area contributed by atoms with E-state index < -0.39 is 10.2 Å².